The van der Waals surface area contributed by atoms with Gasteiger partial charge in [-0.3, -0.25) is 4.57 Å². The highest BCUT2D eigenvalue weighted by molar-refractivity contribution is 7.99. The van der Waals surface area contributed by atoms with Crippen LogP contribution in [0.4, 0.5) is 0 Å². The first-order chi connectivity index (χ1) is 4.33. The van der Waals surface area contributed by atoms with Crippen LogP contribution in [0, 0.1) is 0 Å². The van der Waals surface area contributed by atoms with Crippen LogP contribution in [0.1, 0.15) is 0 Å². The Morgan fingerprint density at radius 2 is 2.11 bits per heavy atom. The summed E-state index contributed by atoms with van der Waals surface area (Å²) in [5, 5.41) is 0.368. The van der Waals surface area contributed by atoms with Crippen molar-refractivity contribution in [3.05, 3.63) is 0 Å². The average Bonchev–Trinajstić information content (AvgIpc) is 1.90. The van der Waals surface area contributed by atoms with Crippen molar-refractivity contribution >= 4 is 20.0 Å². The van der Waals surface area contributed by atoms with Crippen LogP contribution in [0.25, 0.3) is 0 Å². The van der Waals surface area contributed by atoms with Gasteiger partial charge in [0, 0.05) is 0 Å². The van der Waals surface area contributed by atoms with E-state index in [1.54, 1.807) is 11.8 Å². The maximum atomic E-state index is 10.5. The Balaban J connectivity index is 2.26. The molecule has 0 bridgehead atoms. The van der Waals surface area contributed by atoms with E-state index in [-0.39, 0.29) is 0 Å². The molecule has 0 aliphatic carbocycles. The zero-order valence-electron chi connectivity index (χ0n) is 5.12. The lowest BCUT2D eigenvalue weighted by molar-refractivity contribution is 0.171. The van der Waals surface area contributed by atoms with E-state index in [2.05, 4.69) is 0 Å². The molecule has 0 saturated carbocycles. The van der Waals surface area contributed by atoms with Gasteiger partial charge in [-0.05, 0) is 6.26 Å². The van der Waals surface area contributed by atoms with Gasteiger partial charge in [-0.15, -0.1) is 0 Å². The Bertz CT molecular complexity index is 108. The SMILES string of the molecule is CSC1CO[PH](=O)OC1. The topological polar surface area (TPSA) is 35.5 Å². The third kappa shape index (κ3) is 2.30. The van der Waals surface area contributed by atoms with E-state index in [4.69, 9.17) is 9.05 Å². The Hall–Kier alpha value is 0.500. The molecule has 0 spiro atoms. The van der Waals surface area contributed by atoms with Gasteiger partial charge in [0.2, 0.25) is 0 Å². The van der Waals surface area contributed by atoms with E-state index < -0.39 is 8.25 Å². The molecule has 0 atom stereocenters. The standard InChI is InChI=1S/C4H9O3PS/c1-9-4-2-6-8(5)7-3-4/h4,8H,2-3H2,1H3. The van der Waals surface area contributed by atoms with Gasteiger partial charge >= 0.3 is 8.25 Å². The predicted molar refractivity (Wildman–Crippen MR) is 38.2 cm³/mol. The van der Waals surface area contributed by atoms with Crippen LogP contribution < -0.4 is 0 Å². The molecule has 1 fully saturated rings. The quantitative estimate of drug-likeness (QED) is 0.550. The largest absolute Gasteiger partial charge is 0.319 e. The molecule has 0 aromatic rings. The van der Waals surface area contributed by atoms with Crippen LogP contribution in [0.2, 0.25) is 0 Å². The van der Waals surface area contributed by atoms with Gasteiger partial charge in [-0.2, -0.15) is 11.8 Å². The lowest BCUT2D eigenvalue weighted by Crippen LogP contribution is -2.19. The number of hydrogen-bond acceptors (Lipinski definition) is 4. The van der Waals surface area contributed by atoms with E-state index >= 15 is 0 Å². The van der Waals surface area contributed by atoms with Crippen molar-refractivity contribution in [3.8, 4) is 0 Å². The molecule has 9 heavy (non-hydrogen) atoms. The Morgan fingerprint density at radius 3 is 2.56 bits per heavy atom. The van der Waals surface area contributed by atoms with Crippen molar-refractivity contribution < 1.29 is 13.6 Å². The fourth-order valence-corrected chi connectivity index (χ4v) is 1.96. The highest BCUT2D eigenvalue weighted by atomic mass is 32.2. The molecule has 0 radical (unpaired) electrons. The van der Waals surface area contributed by atoms with Gasteiger partial charge in [0.25, 0.3) is 0 Å². The zero-order chi connectivity index (χ0) is 6.69. The van der Waals surface area contributed by atoms with Gasteiger partial charge in [0.15, 0.2) is 0 Å². The highest BCUT2D eigenvalue weighted by Gasteiger charge is 2.16. The molecular formula is C4H9O3PS. The van der Waals surface area contributed by atoms with E-state index in [0.717, 1.165) is 0 Å². The molecule has 1 aliphatic heterocycles. The number of rotatable bonds is 1. The van der Waals surface area contributed by atoms with Crippen molar-refractivity contribution in [2.24, 2.45) is 0 Å². The molecule has 1 heterocycles. The minimum atomic E-state index is -2.10. The normalized spacial score (nSPS) is 36.6. The average molecular weight is 168 g/mol. The molecule has 1 aliphatic rings. The fraction of sp³-hybridized carbons (Fsp3) is 1.00. The Labute approximate surface area is 59.1 Å². The van der Waals surface area contributed by atoms with Crippen molar-refractivity contribution in [1.82, 2.24) is 0 Å². The third-order valence-corrected chi connectivity index (χ3v) is 2.85. The molecule has 3 nitrogen and oxygen atoms in total. The van der Waals surface area contributed by atoms with Crippen LogP contribution in [0.3, 0.4) is 0 Å². The molecule has 1 saturated heterocycles. The van der Waals surface area contributed by atoms with Gasteiger partial charge in [-0.25, -0.2) is 0 Å². The zero-order valence-corrected chi connectivity index (χ0v) is 6.94. The van der Waals surface area contributed by atoms with Gasteiger partial charge < -0.3 is 9.05 Å². The first kappa shape index (κ1) is 7.61. The van der Waals surface area contributed by atoms with E-state index in [0.29, 0.717) is 18.5 Å². The van der Waals surface area contributed by atoms with Crippen LogP contribution >= 0.6 is 20.0 Å². The summed E-state index contributed by atoms with van der Waals surface area (Å²) >= 11 is 1.68. The summed E-state index contributed by atoms with van der Waals surface area (Å²) in [6.45, 7) is 1.14. The summed E-state index contributed by atoms with van der Waals surface area (Å²) in [5.74, 6) is 0. The smallest absolute Gasteiger partial charge is 0.309 e. The predicted octanol–water partition coefficient (Wildman–Crippen LogP) is 1.15. The van der Waals surface area contributed by atoms with E-state index in [9.17, 15) is 4.57 Å². The number of thioether (sulfide) groups is 1. The summed E-state index contributed by atoms with van der Waals surface area (Å²) in [6, 6.07) is 0. The minimum Gasteiger partial charge on any atom is -0.309 e. The van der Waals surface area contributed by atoms with Crippen LogP contribution in [-0.4, -0.2) is 24.7 Å². The second-order valence-electron chi connectivity index (χ2n) is 1.73. The molecule has 0 aromatic heterocycles. The molecule has 5 heteroatoms. The van der Waals surface area contributed by atoms with Crippen molar-refractivity contribution in [3.63, 3.8) is 0 Å². The molecule has 0 aromatic carbocycles. The van der Waals surface area contributed by atoms with Crippen LogP contribution in [0.5, 0.6) is 0 Å². The lowest BCUT2D eigenvalue weighted by Gasteiger charge is -2.19. The minimum absolute atomic E-state index is 0.368. The molecule has 1 rings (SSSR count). The van der Waals surface area contributed by atoms with Crippen molar-refractivity contribution in [2.45, 2.75) is 5.25 Å². The third-order valence-electron chi connectivity index (χ3n) is 1.11. The molecule has 0 N–H and O–H groups in total. The monoisotopic (exact) mass is 168 g/mol. The van der Waals surface area contributed by atoms with Gasteiger partial charge in [0.1, 0.15) is 0 Å². The maximum absolute atomic E-state index is 10.5. The molecule has 54 valence electrons. The summed E-state index contributed by atoms with van der Waals surface area (Å²) in [6.07, 6.45) is 1.99. The first-order valence-electron chi connectivity index (χ1n) is 2.65. The van der Waals surface area contributed by atoms with E-state index in [1.807, 2.05) is 6.26 Å². The molecular weight excluding hydrogens is 159 g/mol. The van der Waals surface area contributed by atoms with Gasteiger partial charge in [0.05, 0.1) is 18.5 Å². The second kappa shape index (κ2) is 3.62. The Morgan fingerprint density at radius 1 is 1.56 bits per heavy atom. The summed E-state index contributed by atoms with van der Waals surface area (Å²) in [5.41, 5.74) is 0. The van der Waals surface area contributed by atoms with E-state index in [1.165, 1.54) is 0 Å². The summed E-state index contributed by atoms with van der Waals surface area (Å²) in [4.78, 5) is 0. The summed E-state index contributed by atoms with van der Waals surface area (Å²) < 4.78 is 20.0. The second-order valence-corrected chi connectivity index (χ2v) is 3.95. The van der Waals surface area contributed by atoms with Crippen molar-refractivity contribution in [2.75, 3.05) is 19.5 Å². The first-order valence-corrected chi connectivity index (χ1v) is 5.16. The highest BCUT2D eigenvalue weighted by Crippen LogP contribution is 2.31. The van der Waals surface area contributed by atoms with Crippen LogP contribution in [0.15, 0.2) is 0 Å². The van der Waals surface area contributed by atoms with Crippen molar-refractivity contribution in [1.29, 1.82) is 0 Å². The molecule has 0 unspecified atom stereocenters. The number of hydrogen-bond donors (Lipinski definition) is 0. The molecule has 0 amide bonds. The summed E-state index contributed by atoms with van der Waals surface area (Å²) in [7, 11) is -2.10. The fourth-order valence-electron chi connectivity index (χ4n) is 0.548. The van der Waals surface area contributed by atoms with Gasteiger partial charge in [-0.1, -0.05) is 0 Å². The lowest BCUT2D eigenvalue weighted by atomic mass is 10.5. The Kier molecular flexibility index (Phi) is 3.06. The maximum Gasteiger partial charge on any atom is 0.319 e. The van der Waals surface area contributed by atoms with Crippen LogP contribution in [-0.2, 0) is 13.6 Å².